The summed E-state index contributed by atoms with van der Waals surface area (Å²) in [7, 11) is 0. The molecule has 2 aromatic rings. The number of alkyl halides is 3. The standard InChI is InChI=1S/C16H13F5N2O2/c1-7-4-12(8-2-3-11(17)13(18)14(8)22-7)23-5-9(15(24)25)10(6-23)16(19,20)21/h2-4,9-10H,5-6H2,1H3,(H,24,25)/t9-,10-/m1/s1. The number of aryl methyl sites for hydroxylation is 1. The Morgan fingerprint density at radius 3 is 2.52 bits per heavy atom. The minimum Gasteiger partial charge on any atom is -0.481 e. The molecule has 1 aromatic heterocycles. The van der Waals surface area contributed by atoms with Gasteiger partial charge in [0.2, 0.25) is 0 Å². The first-order chi connectivity index (χ1) is 11.6. The molecule has 4 nitrogen and oxygen atoms in total. The minimum atomic E-state index is -4.67. The van der Waals surface area contributed by atoms with Crippen LogP contribution in [0.3, 0.4) is 0 Å². The second-order valence-corrected chi connectivity index (χ2v) is 6.04. The number of hydrogen-bond acceptors (Lipinski definition) is 3. The van der Waals surface area contributed by atoms with Crippen LogP contribution in [0.2, 0.25) is 0 Å². The molecule has 0 saturated carbocycles. The third-order valence-electron chi connectivity index (χ3n) is 4.38. The summed E-state index contributed by atoms with van der Waals surface area (Å²) in [5, 5.41) is 9.25. The van der Waals surface area contributed by atoms with Gasteiger partial charge in [0.25, 0.3) is 0 Å². The first-order valence-corrected chi connectivity index (χ1v) is 7.39. The van der Waals surface area contributed by atoms with E-state index < -0.39 is 42.2 Å². The van der Waals surface area contributed by atoms with E-state index in [1.807, 2.05) is 0 Å². The highest BCUT2D eigenvalue weighted by Crippen LogP contribution is 2.41. The lowest BCUT2D eigenvalue weighted by Gasteiger charge is -2.22. The van der Waals surface area contributed by atoms with Crippen molar-refractivity contribution < 1.29 is 31.9 Å². The number of pyridine rings is 1. The lowest BCUT2D eigenvalue weighted by molar-refractivity contribution is -0.187. The highest BCUT2D eigenvalue weighted by molar-refractivity contribution is 5.93. The van der Waals surface area contributed by atoms with Gasteiger partial charge in [-0.3, -0.25) is 4.79 Å². The molecule has 0 spiro atoms. The number of rotatable bonds is 2. The molecular formula is C16H13F5N2O2. The zero-order valence-corrected chi connectivity index (χ0v) is 12.9. The Morgan fingerprint density at radius 2 is 1.96 bits per heavy atom. The van der Waals surface area contributed by atoms with Crippen LogP contribution in [0.1, 0.15) is 5.69 Å². The number of nitrogens with zero attached hydrogens (tertiary/aromatic N) is 2. The van der Waals surface area contributed by atoms with Gasteiger partial charge in [-0.05, 0) is 25.1 Å². The number of halogens is 5. The number of hydrogen-bond donors (Lipinski definition) is 1. The molecular weight excluding hydrogens is 347 g/mol. The molecule has 0 aliphatic carbocycles. The molecule has 134 valence electrons. The normalized spacial score (nSPS) is 21.1. The van der Waals surface area contributed by atoms with E-state index in [0.717, 1.165) is 6.07 Å². The first-order valence-electron chi connectivity index (χ1n) is 7.39. The van der Waals surface area contributed by atoms with Gasteiger partial charge in [-0.15, -0.1) is 0 Å². The van der Waals surface area contributed by atoms with Crippen LogP contribution in [-0.4, -0.2) is 35.3 Å². The van der Waals surface area contributed by atoms with E-state index in [9.17, 15) is 26.7 Å². The molecule has 1 aromatic carbocycles. The van der Waals surface area contributed by atoms with Gasteiger partial charge in [0.15, 0.2) is 11.6 Å². The third kappa shape index (κ3) is 2.98. The van der Waals surface area contributed by atoms with Crippen molar-refractivity contribution in [1.82, 2.24) is 4.98 Å². The van der Waals surface area contributed by atoms with Crippen molar-refractivity contribution in [2.24, 2.45) is 11.8 Å². The summed E-state index contributed by atoms with van der Waals surface area (Å²) in [6.07, 6.45) is -4.67. The Bertz CT molecular complexity index is 853. The number of aromatic nitrogens is 1. The van der Waals surface area contributed by atoms with E-state index in [4.69, 9.17) is 5.11 Å². The molecule has 2 heterocycles. The molecule has 9 heteroatoms. The second-order valence-electron chi connectivity index (χ2n) is 6.04. The summed E-state index contributed by atoms with van der Waals surface area (Å²) >= 11 is 0. The molecule has 0 radical (unpaired) electrons. The van der Waals surface area contributed by atoms with Gasteiger partial charge >= 0.3 is 12.1 Å². The summed E-state index contributed by atoms with van der Waals surface area (Å²) in [4.78, 5) is 16.4. The summed E-state index contributed by atoms with van der Waals surface area (Å²) in [6.45, 7) is 0.550. The summed E-state index contributed by atoms with van der Waals surface area (Å²) in [5.41, 5.74) is 0.200. The Labute approximate surface area is 138 Å². The van der Waals surface area contributed by atoms with Crippen LogP contribution < -0.4 is 4.90 Å². The van der Waals surface area contributed by atoms with E-state index in [1.165, 1.54) is 24.0 Å². The van der Waals surface area contributed by atoms with Crippen LogP contribution >= 0.6 is 0 Å². The van der Waals surface area contributed by atoms with Gasteiger partial charge < -0.3 is 10.0 Å². The number of anilines is 1. The highest BCUT2D eigenvalue weighted by atomic mass is 19.4. The molecule has 1 aliphatic rings. The molecule has 0 bridgehead atoms. The maximum absolute atomic E-state index is 14.0. The monoisotopic (exact) mass is 360 g/mol. The van der Waals surface area contributed by atoms with E-state index in [2.05, 4.69) is 4.98 Å². The molecule has 1 saturated heterocycles. The highest BCUT2D eigenvalue weighted by Gasteiger charge is 2.52. The van der Waals surface area contributed by atoms with Crippen molar-refractivity contribution in [3.63, 3.8) is 0 Å². The lowest BCUT2D eigenvalue weighted by atomic mass is 9.96. The van der Waals surface area contributed by atoms with Crippen LogP contribution in [0, 0.1) is 30.4 Å². The Balaban J connectivity index is 2.11. The zero-order valence-electron chi connectivity index (χ0n) is 12.9. The second kappa shape index (κ2) is 5.82. The first kappa shape index (κ1) is 17.4. The number of carbonyl (C=O) groups is 1. The zero-order chi connectivity index (χ0) is 18.5. The van der Waals surface area contributed by atoms with Gasteiger partial charge in [0, 0.05) is 29.9 Å². The SMILES string of the molecule is Cc1cc(N2C[C@@H](C(F)(F)F)[C@H](C(=O)O)C2)c2ccc(F)c(F)c2n1. The number of carboxylic acid groups (broad SMARTS) is 1. The molecule has 2 atom stereocenters. The van der Waals surface area contributed by atoms with E-state index in [-0.39, 0.29) is 28.8 Å². The maximum Gasteiger partial charge on any atom is 0.394 e. The van der Waals surface area contributed by atoms with Crippen LogP contribution in [0.25, 0.3) is 10.9 Å². The Morgan fingerprint density at radius 1 is 1.28 bits per heavy atom. The predicted molar refractivity (Wildman–Crippen MR) is 79.3 cm³/mol. The Hall–Kier alpha value is -2.45. The van der Waals surface area contributed by atoms with E-state index in [0.29, 0.717) is 0 Å². The van der Waals surface area contributed by atoms with Gasteiger partial charge in [-0.1, -0.05) is 0 Å². The third-order valence-corrected chi connectivity index (χ3v) is 4.38. The molecule has 1 fully saturated rings. The fourth-order valence-electron chi connectivity index (χ4n) is 3.18. The van der Waals surface area contributed by atoms with E-state index in [1.54, 1.807) is 0 Å². The number of benzene rings is 1. The molecule has 3 rings (SSSR count). The lowest BCUT2D eigenvalue weighted by Crippen LogP contribution is -2.33. The van der Waals surface area contributed by atoms with Crippen LogP contribution in [0.15, 0.2) is 18.2 Å². The van der Waals surface area contributed by atoms with Crippen molar-refractivity contribution in [2.75, 3.05) is 18.0 Å². The van der Waals surface area contributed by atoms with Crippen molar-refractivity contribution in [1.29, 1.82) is 0 Å². The Kier molecular flexibility index (Phi) is 4.04. The van der Waals surface area contributed by atoms with Crippen LogP contribution in [-0.2, 0) is 4.79 Å². The number of aliphatic carboxylic acids is 1. The van der Waals surface area contributed by atoms with Gasteiger partial charge in [-0.2, -0.15) is 13.2 Å². The quantitative estimate of drug-likeness (QED) is 0.833. The predicted octanol–water partition coefficient (Wildman–Crippen LogP) is 3.52. The molecule has 25 heavy (non-hydrogen) atoms. The fourth-order valence-corrected chi connectivity index (χ4v) is 3.18. The molecule has 0 unspecified atom stereocenters. The minimum absolute atomic E-state index is 0.136. The average molecular weight is 360 g/mol. The van der Waals surface area contributed by atoms with Crippen molar-refractivity contribution in [3.8, 4) is 0 Å². The maximum atomic E-state index is 14.0. The largest absolute Gasteiger partial charge is 0.481 e. The van der Waals surface area contributed by atoms with Crippen LogP contribution in [0.5, 0.6) is 0 Å². The topological polar surface area (TPSA) is 53.4 Å². The molecule has 0 amide bonds. The summed E-state index contributed by atoms with van der Waals surface area (Å²) < 4.78 is 66.9. The van der Waals surface area contributed by atoms with Crippen molar-refractivity contribution in [2.45, 2.75) is 13.1 Å². The molecule has 1 aliphatic heterocycles. The van der Waals surface area contributed by atoms with Crippen molar-refractivity contribution in [3.05, 3.63) is 35.5 Å². The average Bonchev–Trinajstić information content (AvgIpc) is 2.96. The summed E-state index contributed by atoms with van der Waals surface area (Å²) in [5.74, 6) is -7.52. The number of carboxylic acids is 1. The molecule has 1 N–H and O–H groups in total. The van der Waals surface area contributed by atoms with Gasteiger partial charge in [0.05, 0.1) is 11.8 Å². The van der Waals surface area contributed by atoms with Crippen molar-refractivity contribution >= 4 is 22.6 Å². The van der Waals surface area contributed by atoms with Gasteiger partial charge in [-0.25, -0.2) is 13.8 Å². The fraction of sp³-hybridized carbons (Fsp3) is 0.375. The number of fused-ring (bicyclic) bond motifs is 1. The van der Waals surface area contributed by atoms with E-state index >= 15 is 0 Å². The van der Waals surface area contributed by atoms with Crippen LogP contribution in [0.4, 0.5) is 27.6 Å². The van der Waals surface area contributed by atoms with Gasteiger partial charge in [0.1, 0.15) is 5.52 Å². The smallest absolute Gasteiger partial charge is 0.394 e. The summed E-state index contributed by atoms with van der Waals surface area (Å²) in [6, 6.07) is 3.54.